The number of carbonyl (C=O) groups excluding carboxylic acids is 1. The molecule has 1 aromatic heterocycles. The zero-order chi connectivity index (χ0) is 21.6. The topological polar surface area (TPSA) is 105 Å². The highest BCUT2D eigenvalue weighted by atomic mass is 32.2. The van der Waals surface area contributed by atoms with Crippen LogP contribution >= 0.6 is 0 Å². The molecule has 1 fully saturated rings. The van der Waals surface area contributed by atoms with E-state index in [1.807, 2.05) is 0 Å². The minimum Gasteiger partial charge on any atom is -0.506 e. The molecular weight excluding hydrogens is 425 g/mol. The standard InChI is InChI=1S/C18H13F3N4O4S/c19-13-3-1-10(5-14(13)20)7-24-8-11(6-22-24)12-2-4-15(26)18(17(12)21)25-9-16(27)23-30(25,28)29/h1-6,8,26H,7,9H2,(H,23,27). The molecule has 0 bridgehead atoms. The van der Waals surface area contributed by atoms with Gasteiger partial charge in [-0.2, -0.15) is 13.5 Å². The average Bonchev–Trinajstić information content (AvgIpc) is 3.22. The van der Waals surface area contributed by atoms with Crippen LogP contribution in [0.4, 0.5) is 18.9 Å². The van der Waals surface area contributed by atoms with Crippen molar-refractivity contribution in [3.63, 3.8) is 0 Å². The number of benzene rings is 2. The first-order valence-electron chi connectivity index (χ1n) is 8.47. The van der Waals surface area contributed by atoms with Crippen molar-refractivity contribution in [3.8, 4) is 16.9 Å². The zero-order valence-corrected chi connectivity index (χ0v) is 15.8. The van der Waals surface area contributed by atoms with Crippen LogP contribution in [0.3, 0.4) is 0 Å². The van der Waals surface area contributed by atoms with E-state index in [0.29, 0.717) is 9.87 Å². The third-order valence-electron chi connectivity index (χ3n) is 4.44. The van der Waals surface area contributed by atoms with Crippen LogP contribution in [0.2, 0.25) is 0 Å². The molecule has 0 radical (unpaired) electrons. The number of carbonyl (C=O) groups is 1. The Bertz CT molecular complexity index is 1280. The molecule has 1 aliphatic heterocycles. The molecule has 1 aliphatic rings. The van der Waals surface area contributed by atoms with Crippen molar-refractivity contribution in [1.82, 2.24) is 14.5 Å². The third-order valence-corrected chi connectivity index (χ3v) is 5.81. The summed E-state index contributed by atoms with van der Waals surface area (Å²) in [6, 6.07) is 5.69. The second kappa shape index (κ2) is 7.06. The number of halogens is 3. The molecule has 2 N–H and O–H groups in total. The number of hydrogen-bond acceptors (Lipinski definition) is 5. The van der Waals surface area contributed by atoms with Crippen molar-refractivity contribution in [3.05, 3.63) is 65.7 Å². The molecule has 4 rings (SSSR count). The summed E-state index contributed by atoms with van der Waals surface area (Å²) >= 11 is 0. The highest BCUT2D eigenvalue weighted by Gasteiger charge is 2.38. The molecule has 12 heteroatoms. The number of amides is 1. The van der Waals surface area contributed by atoms with Gasteiger partial charge < -0.3 is 5.11 Å². The van der Waals surface area contributed by atoms with Crippen LogP contribution in [0.15, 0.2) is 42.7 Å². The lowest BCUT2D eigenvalue weighted by Crippen LogP contribution is -2.30. The Labute approximate surface area is 168 Å². The highest BCUT2D eigenvalue weighted by molar-refractivity contribution is 7.92. The van der Waals surface area contributed by atoms with Crippen molar-refractivity contribution < 1.29 is 31.5 Å². The molecule has 156 valence electrons. The average molecular weight is 438 g/mol. The van der Waals surface area contributed by atoms with Crippen LogP contribution in [0, 0.1) is 17.5 Å². The molecule has 0 spiro atoms. The number of aromatic nitrogens is 2. The van der Waals surface area contributed by atoms with Crippen LogP contribution < -0.4 is 9.03 Å². The highest BCUT2D eigenvalue weighted by Crippen LogP contribution is 2.38. The van der Waals surface area contributed by atoms with Gasteiger partial charge in [0.25, 0.3) is 5.91 Å². The minimum atomic E-state index is -4.33. The number of phenolic OH excluding ortho intramolecular Hbond substituents is 1. The number of hydrogen-bond donors (Lipinski definition) is 2. The molecular formula is C18H13F3N4O4S. The smallest absolute Gasteiger partial charge is 0.326 e. The van der Waals surface area contributed by atoms with Gasteiger partial charge in [0.1, 0.15) is 18.0 Å². The molecule has 1 amide bonds. The summed E-state index contributed by atoms with van der Waals surface area (Å²) in [7, 11) is -4.33. The first-order valence-corrected chi connectivity index (χ1v) is 9.91. The summed E-state index contributed by atoms with van der Waals surface area (Å²) in [6.07, 6.45) is 2.71. The van der Waals surface area contributed by atoms with Crippen LogP contribution in [0.25, 0.3) is 11.1 Å². The predicted molar refractivity (Wildman–Crippen MR) is 99.2 cm³/mol. The van der Waals surface area contributed by atoms with E-state index in [1.54, 1.807) is 4.72 Å². The first-order chi connectivity index (χ1) is 14.2. The Morgan fingerprint density at radius 1 is 1.13 bits per heavy atom. The summed E-state index contributed by atoms with van der Waals surface area (Å²) in [5.41, 5.74) is -0.0801. The van der Waals surface area contributed by atoms with E-state index in [2.05, 4.69) is 5.10 Å². The van der Waals surface area contributed by atoms with Gasteiger partial charge in [-0.3, -0.25) is 9.48 Å². The zero-order valence-electron chi connectivity index (χ0n) is 15.0. The van der Waals surface area contributed by atoms with E-state index in [-0.39, 0.29) is 17.7 Å². The number of rotatable bonds is 4. The molecule has 30 heavy (non-hydrogen) atoms. The van der Waals surface area contributed by atoms with E-state index in [1.165, 1.54) is 29.2 Å². The van der Waals surface area contributed by atoms with Gasteiger partial charge >= 0.3 is 10.2 Å². The van der Waals surface area contributed by atoms with Gasteiger partial charge in [0.2, 0.25) is 0 Å². The second-order valence-corrected chi connectivity index (χ2v) is 8.10. The van der Waals surface area contributed by atoms with Gasteiger partial charge in [0.05, 0.1) is 12.7 Å². The maximum absolute atomic E-state index is 15.1. The fourth-order valence-electron chi connectivity index (χ4n) is 3.07. The van der Waals surface area contributed by atoms with Crippen LogP contribution in [-0.4, -0.2) is 35.8 Å². The molecule has 8 nitrogen and oxygen atoms in total. The third kappa shape index (κ3) is 3.45. The molecule has 1 saturated heterocycles. The number of phenols is 1. The van der Waals surface area contributed by atoms with Crippen LogP contribution in [0.5, 0.6) is 5.75 Å². The SMILES string of the molecule is O=C1CN(c2c(O)ccc(-c3cnn(Cc4ccc(F)c(F)c4)c3)c2F)S(=O)(=O)N1. The van der Waals surface area contributed by atoms with Gasteiger partial charge in [-0.1, -0.05) is 6.07 Å². The van der Waals surface area contributed by atoms with Crippen LogP contribution in [-0.2, 0) is 21.5 Å². The Hall–Kier alpha value is -3.54. The maximum Gasteiger partial charge on any atom is 0.326 e. The first kappa shape index (κ1) is 19.8. The number of nitrogens with one attached hydrogen (secondary N) is 1. The number of anilines is 1. The molecule has 2 aromatic carbocycles. The summed E-state index contributed by atoms with van der Waals surface area (Å²) in [5.74, 6) is -4.58. The molecule has 0 unspecified atom stereocenters. The van der Waals surface area contributed by atoms with E-state index in [4.69, 9.17) is 0 Å². The van der Waals surface area contributed by atoms with E-state index < -0.39 is 51.5 Å². The van der Waals surface area contributed by atoms with Crippen molar-refractivity contribution in [2.75, 3.05) is 10.8 Å². The lowest BCUT2D eigenvalue weighted by Gasteiger charge is -2.18. The fraction of sp³-hybridized carbons (Fsp3) is 0.111. The Morgan fingerprint density at radius 2 is 1.90 bits per heavy atom. The lowest BCUT2D eigenvalue weighted by atomic mass is 10.1. The quantitative estimate of drug-likeness (QED) is 0.648. The fourth-order valence-corrected chi connectivity index (χ4v) is 4.24. The Kier molecular flexibility index (Phi) is 4.65. The van der Waals surface area contributed by atoms with Gasteiger partial charge in [0.15, 0.2) is 17.5 Å². The predicted octanol–water partition coefficient (Wildman–Crippen LogP) is 1.90. The van der Waals surface area contributed by atoms with Gasteiger partial charge in [-0.25, -0.2) is 22.2 Å². The Morgan fingerprint density at radius 3 is 2.57 bits per heavy atom. The van der Waals surface area contributed by atoms with E-state index >= 15 is 4.39 Å². The van der Waals surface area contributed by atoms with Gasteiger partial charge in [-0.15, -0.1) is 0 Å². The summed E-state index contributed by atoms with van der Waals surface area (Å²) in [4.78, 5) is 11.4. The largest absolute Gasteiger partial charge is 0.506 e. The molecule has 0 aliphatic carbocycles. The van der Waals surface area contributed by atoms with Crippen molar-refractivity contribution in [2.45, 2.75) is 6.54 Å². The van der Waals surface area contributed by atoms with Crippen molar-refractivity contribution in [2.24, 2.45) is 0 Å². The number of aromatic hydroxyl groups is 1. The van der Waals surface area contributed by atoms with E-state index in [9.17, 15) is 27.1 Å². The summed E-state index contributed by atoms with van der Waals surface area (Å²) in [5, 5.41) is 14.1. The van der Waals surface area contributed by atoms with E-state index in [0.717, 1.165) is 18.2 Å². The minimum absolute atomic E-state index is 0.0721. The van der Waals surface area contributed by atoms with Gasteiger partial charge in [0, 0.05) is 17.3 Å². The molecule has 3 aromatic rings. The Balaban J connectivity index is 1.69. The van der Waals surface area contributed by atoms with Crippen LogP contribution in [0.1, 0.15) is 5.56 Å². The lowest BCUT2D eigenvalue weighted by molar-refractivity contribution is -0.117. The van der Waals surface area contributed by atoms with Crippen molar-refractivity contribution in [1.29, 1.82) is 0 Å². The maximum atomic E-state index is 15.1. The molecule has 0 atom stereocenters. The summed E-state index contributed by atoms with van der Waals surface area (Å²) in [6.45, 7) is -0.603. The second-order valence-electron chi connectivity index (χ2n) is 6.51. The normalized spacial score (nSPS) is 15.4. The molecule has 2 heterocycles. The number of nitrogens with zero attached hydrogens (tertiary/aromatic N) is 3. The summed E-state index contributed by atoms with van der Waals surface area (Å²) < 4.78 is 69.1. The van der Waals surface area contributed by atoms with Crippen molar-refractivity contribution >= 4 is 21.8 Å². The van der Waals surface area contributed by atoms with Gasteiger partial charge in [-0.05, 0) is 29.8 Å². The molecule has 0 saturated carbocycles. The monoisotopic (exact) mass is 438 g/mol.